The van der Waals surface area contributed by atoms with Crippen molar-refractivity contribution in [2.24, 2.45) is 15.2 Å². The first-order valence-electron chi connectivity index (χ1n) is 6.87. The minimum absolute atomic E-state index is 0.336. The van der Waals surface area contributed by atoms with Crippen LogP contribution in [0.25, 0.3) is 22.5 Å². The van der Waals surface area contributed by atoms with Crippen molar-refractivity contribution < 1.29 is 0 Å². The van der Waals surface area contributed by atoms with Crippen molar-refractivity contribution in [3.63, 3.8) is 0 Å². The van der Waals surface area contributed by atoms with E-state index in [0.29, 0.717) is 0 Å². The van der Waals surface area contributed by atoms with Gasteiger partial charge < -0.3 is 4.98 Å². The van der Waals surface area contributed by atoms with Crippen LogP contribution in [0.4, 0.5) is 0 Å². The van der Waals surface area contributed by atoms with E-state index in [2.05, 4.69) is 36.2 Å². The quantitative estimate of drug-likeness (QED) is 0.803. The molecular weight excluding hydrogens is 278 g/mol. The lowest BCUT2D eigenvalue weighted by Gasteiger charge is -2.05. The predicted octanol–water partition coefficient (Wildman–Crippen LogP) is 3.20. The highest BCUT2D eigenvalue weighted by atomic mass is 15.4. The fourth-order valence-corrected chi connectivity index (χ4v) is 2.45. The van der Waals surface area contributed by atoms with Gasteiger partial charge in [0.1, 0.15) is 12.2 Å². The number of aliphatic imine (C=N–C) groups is 1. The molecule has 0 fully saturated rings. The number of H-pyrrole nitrogens is 1. The second kappa shape index (κ2) is 5.03. The van der Waals surface area contributed by atoms with Gasteiger partial charge in [0.05, 0.1) is 23.9 Å². The van der Waals surface area contributed by atoms with Gasteiger partial charge in [0.2, 0.25) is 6.29 Å². The SMILES string of the molecule is Cc1nc(-c2cccc(-c3cnc[nH]3)c2)cn1C1N=CN=N1. The third kappa shape index (κ3) is 2.12. The van der Waals surface area contributed by atoms with Crippen LogP contribution in [0.15, 0.2) is 58.2 Å². The Kier molecular flexibility index (Phi) is 2.89. The van der Waals surface area contributed by atoms with E-state index < -0.39 is 0 Å². The molecule has 0 bridgehead atoms. The number of benzene rings is 1. The molecule has 0 aliphatic carbocycles. The van der Waals surface area contributed by atoms with E-state index in [9.17, 15) is 0 Å². The van der Waals surface area contributed by atoms with Crippen molar-refractivity contribution in [3.8, 4) is 22.5 Å². The summed E-state index contributed by atoms with van der Waals surface area (Å²) in [5.41, 5.74) is 3.97. The molecule has 0 saturated carbocycles. The van der Waals surface area contributed by atoms with E-state index in [4.69, 9.17) is 0 Å². The molecule has 2 aromatic heterocycles. The maximum Gasteiger partial charge on any atom is 0.242 e. The van der Waals surface area contributed by atoms with Crippen LogP contribution >= 0.6 is 0 Å². The van der Waals surface area contributed by atoms with Crippen LogP contribution < -0.4 is 0 Å². The first-order valence-corrected chi connectivity index (χ1v) is 6.87. The molecular formula is C15H13N7. The van der Waals surface area contributed by atoms with Crippen LogP contribution in [0.3, 0.4) is 0 Å². The minimum atomic E-state index is -0.336. The summed E-state index contributed by atoms with van der Waals surface area (Å²) in [7, 11) is 0. The topological polar surface area (TPSA) is 83.6 Å². The fourth-order valence-electron chi connectivity index (χ4n) is 2.45. The van der Waals surface area contributed by atoms with Crippen LogP contribution in [0.5, 0.6) is 0 Å². The highest BCUT2D eigenvalue weighted by Crippen LogP contribution is 2.26. The first kappa shape index (κ1) is 12.6. The Labute approximate surface area is 126 Å². The summed E-state index contributed by atoms with van der Waals surface area (Å²) in [5, 5.41) is 7.83. The Balaban J connectivity index is 1.73. The number of rotatable bonds is 3. The van der Waals surface area contributed by atoms with E-state index in [-0.39, 0.29) is 6.29 Å². The number of hydrogen-bond donors (Lipinski definition) is 1. The molecule has 0 radical (unpaired) electrons. The number of azo groups is 1. The van der Waals surface area contributed by atoms with Crippen LogP contribution in [0.1, 0.15) is 12.1 Å². The molecule has 1 aromatic carbocycles. The molecule has 7 heteroatoms. The standard InChI is InChI=1S/C15H13N7/c1-10-20-14(7-22(10)15-18-9-19-21-15)12-4-2-3-11(5-12)13-6-16-8-17-13/h2-9,15H,1H3,(H,16,17). The molecule has 1 unspecified atom stereocenters. The van der Waals surface area contributed by atoms with Crippen LogP contribution in [0, 0.1) is 6.92 Å². The van der Waals surface area contributed by atoms with Gasteiger partial charge in [0.15, 0.2) is 0 Å². The zero-order chi connectivity index (χ0) is 14.9. The molecule has 3 aromatic rings. The number of aryl methyl sites for hydroxylation is 1. The Morgan fingerprint density at radius 1 is 1.23 bits per heavy atom. The molecule has 4 rings (SSSR count). The molecule has 22 heavy (non-hydrogen) atoms. The Morgan fingerprint density at radius 2 is 2.14 bits per heavy atom. The molecule has 1 N–H and O–H groups in total. The summed E-state index contributed by atoms with van der Waals surface area (Å²) in [5.74, 6) is 0.852. The Hall–Kier alpha value is -3.09. The molecule has 1 atom stereocenters. The van der Waals surface area contributed by atoms with Crippen LogP contribution in [-0.4, -0.2) is 25.9 Å². The van der Waals surface area contributed by atoms with Crippen molar-refractivity contribution >= 4 is 6.34 Å². The number of aromatic amines is 1. The second-order valence-electron chi connectivity index (χ2n) is 4.97. The third-order valence-electron chi connectivity index (χ3n) is 3.56. The summed E-state index contributed by atoms with van der Waals surface area (Å²) in [6, 6.07) is 8.16. The van der Waals surface area contributed by atoms with Gasteiger partial charge in [0, 0.05) is 17.3 Å². The van der Waals surface area contributed by atoms with Crippen molar-refractivity contribution in [2.45, 2.75) is 13.2 Å². The molecule has 1 aliphatic rings. The predicted molar refractivity (Wildman–Crippen MR) is 82.4 cm³/mol. The van der Waals surface area contributed by atoms with E-state index in [1.54, 1.807) is 12.5 Å². The van der Waals surface area contributed by atoms with Crippen LogP contribution in [-0.2, 0) is 0 Å². The lowest BCUT2D eigenvalue weighted by molar-refractivity contribution is 0.534. The zero-order valence-corrected chi connectivity index (χ0v) is 11.9. The van der Waals surface area contributed by atoms with E-state index in [0.717, 1.165) is 28.3 Å². The Bertz CT molecular complexity index is 846. The Morgan fingerprint density at radius 3 is 2.91 bits per heavy atom. The summed E-state index contributed by atoms with van der Waals surface area (Å²) < 4.78 is 1.91. The number of hydrogen-bond acceptors (Lipinski definition) is 5. The van der Waals surface area contributed by atoms with E-state index >= 15 is 0 Å². The number of nitrogens with zero attached hydrogens (tertiary/aromatic N) is 6. The van der Waals surface area contributed by atoms with Gasteiger partial charge in [0.25, 0.3) is 0 Å². The highest BCUT2D eigenvalue weighted by molar-refractivity contribution is 5.69. The number of nitrogens with one attached hydrogen (secondary N) is 1. The zero-order valence-electron chi connectivity index (χ0n) is 11.9. The normalized spacial score (nSPS) is 16.5. The minimum Gasteiger partial charge on any atom is -0.345 e. The van der Waals surface area contributed by atoms with Gasteiger partial charge in [-0.15, -0.1) is 10.2 Å². The summed E-state index contributed by atoms with van der Waals surface area (Å²) in [6.07, 6.45) is 6.55. The van der Waals surface area contributed by atoms with Crippen molar-refractivity contribution in [2.75, 3.05) is 0 Å². The molecule has 0 saturated heterocycles. The summed E-state index contributed by atoms with van der Waals surface area (Å²) >= 11 is 0. The maximum absolute atomic E-state index is 4.61. The van der Waals surface area contributed by atoms with Gasteiger partial charge in [-0.2, -0.15) is 0 Å². The average molecular weight is 291 g/mol. The van der Waals surface area contributed by atoms with Gasteiger partial charge in [-0.05, 0) is 13.0 Å². The first-order chi connectivity index (χ1) is 10.8. The molecule has 7 nitrogen and oxygen atoms in total. The van der Waals surface area contributed by atoms with Crippen LogP contribution in [0.2, 0.25) is 0 Å². The molecule has 1 aliphatic heterocycles. The van der Waals surface area contributed by atoms with Gasteiger partial charge in [-0.1, -0.05) is 18.2 Å². The molecule has 0 amide bonds. The lowest BCUT2D eigenvalue weighted by Crippen LogP contribution is -2.02. The third-order valence-corrected chi connectivity index (χ3v) is 3.56. The summed E-state index contributed by atoms with van der Waals surface area (Å²) in [6.45, 7) is 1.94. The van der Waals surface area contributed by atoms with Crippen molar-refractivity contribution in [3.05, 3.63) is 48.8 Å². The van der Waals surface area contributed by atoms with E-state index in [1.165, 1.54) is 6.34 Å². The smallest absolute Gasteiger partial charge is 0.242 e. The number of imidazole rings is 2. The average Bonchev–Trinajstić information content (AvgIpc) is 3.29. The second-order valence-corrected chi connectivity index (χ2v) is 4.97. The monoisotopic (exact) mass is 291 g/mol. The van der Waals surface area contributed by atoms with Crippen molar-refractivity contribution in [1.82, 2.24) is 19.5 Å². The lowest BCUT2D eigenvalue weighted by atomic mass is 10.1. The molecule has 0 spiro atoms. The van der Waals surface area contributed by atoms with Gasteiger partial charge >= 0.3 is 0 Å². The highest BCUT2D eigenvalue weighted by Gasteiger charge is 2.15. The van der Waals surface area contributed by atoms with E-state index in [1.807, 2.05) is 35.9 Å². The van der Waals surface area contributed by atoms with Gasteiger partial charge in [-0.25, -0.2) is 15.0 Å². The maximum atomic E-state index is 4.61. The van der Waals surface area contributed by atoms with Gasteiger partial charge in [-0.3, -0.25) is 4.57 Å². The number of aromatic nitrogens is 4. The molecule has 3 heterocycles. The largest absolute Gasteiger partial charge is 0.345 e. The van der Waals surface area contributed by atoms with Crippen molar-refractivity contribution in [1.29, 1.82) is 0 Å². The molecule has 108 valence electrons. The fraction of sp³-hybridized carbons (Fsp3) is 0.133. The summed E-state index contributed by atoms with van der Waals surface area (Å²) in [4.78, 5) is 16.0.